The number of aliphatic hydroxyl groups is 14. The molecule has 4 heterocycles. The Morgan fingerprint density at radius 3 is 1.85 bits per heavy atom. The maximum absolute atomic E-state index is 13.2. The van der Waals surface area contributed by atoms with E-state index in [0.717, 1.165) is 18.4 Å². The van der Waals surface area contributed by atoms with Gasteiger partial charge < -0.3 is 114 Å². The molecule has 4 saturated heterocycles. The first-order valence-corrected chi connectivity index (χ1v) is 29.4. The summed E-state index contributed by atoms with van der Waals surface area (Å²) in [6, 6.07) is 0. The van der Waals surface area contributed by atoms with Crippen molar-refractivity contribution in [2.24, 2.45) is 50.2 Å². The first-order chi connectivity index (χ1) is 38.3. The predicted octanol–water partition coefficient (Wildman–Crippen LogP) is -1.47. The highest BCUT2D eigenvalue weighted by Gasteiger charge is 2.73. The van der Waals surface area contributed by atoms with Crippen LogP contribution in [-0.2, 0) is 47.4 Å². The van der Waals surface area contributed by atoms with E-state index in [-0.39, 0.29) is 29.1 Å². The van der Waals surface area contributed by atoms with E-state index >= 15 is 0 Å². The smallest absolute Gasteiger partial charge is 0.333 e. The van der Waals surface area contributed by atoms with Crippen LogP contribution in [-0.4, -0.2) is 245 Å². The summed E-state index contributed by atoms with van der Waals surface area (Å²) in [5.41, 5.74) is -2.45. The number of ether oxygens (including phenoxy) is 9. The number of aliphatic hydroxyl groups excluding tert-OH is 14. The van der Waals surface area contributed by atoms with Crippen molar-refractivity contribution in [2.75, 3.05) is 26.4 Å². The van der Waals surface area contributed by atoms with Crippen molar-refractivity contribution in [3.8, 4) is 0 Å². The molecule has 4 aliphatic heterocycles. The lowest BCUT2D eigenvalue weighted by molar-refractivity contribution is -0.394. The van der Waals surface area contributed by atoms with Crippen molar-refractivity contribution in [1.82, 2.24) is 0 Å². The van der Waals surface area contributed by atoms with Crippen molar-refractivity contribution in [3.05, 3.63) is 23.3 Å². The van der Waals surface area contributed by atoms with Crippen LogP contribution in [0.25, 0.3) is 0 Å². The molecular weight excluding hydrogens is 1080 g/mol. The average molecular weight is 1180 g/mol. The van der Waals surface area contributed by atoms with Gasteiger partial charge in [-0.3, -0.25) is 0 Å². The Kier molecular flexibility index (Phi) is 18.5. The summed E-state index contributed by atoms with van der Waals surface area (Å²) in [6.07, 6.45) is -27.7. The Bertz CT molecular complexity index is 2320. The van der Waals surface area contributed by atoms with Crippen LogP contribution >= 0.6 is 0 Å². The Morgan fingerprint density at radius 1 is 0.659 bits per heavy atom. The Hall–Kier alpha value is -1.93. The zero-order chi connectivity index (χ0) is 60.3. The molecule has 30 atom stereocenters. The molecule has 9 rings (SSSR count). The molecule has 0 unspecified atom stereocenters. The third-order valence-electron chi connectivity index (χ3n) is 22.4. The molecule has 0 aromatic heterocycles. The van der Waals surface area contributed by atoms with E-state index in [1.54, 1.807) is 19.9 Å². The van der Waals surface area contributed by atoms with Crippen LogP contribution in [0.2, 0.25) is 0 Å². The molecule has 0 amide bonds. The number of carbonyl (C=O) groups excluding carboxylic acids is 1. The molecule has 0 aromatic rings. The van der Waals surface area contributed by atoms with Gasteiger partial charge in [0.2, 0.25) is 0 Å². The molecule has 0 spiro atoms. The summed E-state index contributed by atoms with van der Waals surface area (Å²) >= 11 is 0. The van der Waals surface area contributed by atoms with Crippen LogP contribution in [0.15, 0.2) is 23.3 Å². The molecule has 0 radical (unpaired) electrons. The molecule has 24 nitrogen and oxygen atoms in total. The third kappa shape index (κ3) is 10.3. The Balaban J connectivity index is 0.974. The summed E-state index contributed by atoms with van der Waals surface area (Å²) in [7, 11) is 0. The van der Waals surface area contributed by atoms with Crippen molar-refractivity contribution >= 4 is 5.97 Å². The fourth-order valence-corrected chi connectivity index (χ4v) is 17.0. The lowest BCUT2D eigenvalue weighted by Gasteiger charge is -2.72. The monoisotopic (exact) mass is 1170 g/mol. The quantitative estimate of drug-likeness (QED) is 0.0433. The maximum atomic E-state index is 13.2. The van der Waals surface area contributed by atoms with Gasteiger partial charge in [-0.1, -0.05) is 66.2 Å². The number of hydrogen-bond donors (Lipinski definition) is 14. The number of carbonyl (C=O) groups is 1. The lowest BCUT2D eigenvalue weighted by Crippen LogP contribution is -2.72. The number of allylic oxidation sites excluding steroid dienone is 3. The minimum absolute atomic E-state index is 0.0296. The molecule has 8 fully saturated rings. The molecule has 14 N–H and O–H groups in total. The first-order valence-electron chi connectivity index (χ1n) is 29.4. The number of esters is 1. The number of rotatable bonds is 13. The van der Waals surface area contributed by atoms with Gasteiger partial charge >= 0.3 is 5.97 Å². The number of fused-ring (bicyclic) bond motifs is 7. The summed E-state index contributed by atoms with van der Waals surface area (Å²) in [6.45, 7) is 17.3. The molecule has 470 valence electrons. The highest BCUT2D eigenvalue weighted by atomic mass is 16.8. The molecule has 5 aliphatic carbocycles. The zero-order valence-corrected chi connectivity index (χ0v) is 48.8. The van der Waals surface area contributed by atoms with Crippen LogP contribution < -0.4 is 0 Å². The molecule has 82 heavy (non-hydrogen) atoms. The minimum atomic E-state index is -1.92. The predicted molar refractivity (Wildman–Crippen MR) is 283 cm³/mol. The topological polar surface area (TPSA) is 383 Å². The molecule has 0 bridgehead atoms. The van der Waals surface area contributed by atoms with Gasteiger partial charge in [0.15, 0.2) is 25.2 Å². The fraction of sp³-hybridized carbons (Fsp3) is 0.914. The molecule has 24 heteroatoms. The van der Waals surface area contributed by atoms with Gasteiger partial charge in [-0.2, -0.15) is 0 Å². The van der Waals surface area contributed by atoms with E-state index in [9.17, 15) is 76.3 Å². The third-order valence-corrected chi connectivity index (χ3v) is 22.4. The highest BCUT2D eigenvalue weighted by molar-refractivity contribution is 5.87. The van der Waals surface area contributed by atoms with Gasteiger partial charge in [0.25, 0.3) is 0 Å². The van der Waals surface area contributed by atoms with Crippen LogP contribution in [0.1, 0.15) is 114 Å². The molecule has 9 aliphatic rings. The van der Waals surface area contributed by atoms with Crippen LogP contribution in [0.5, 0.6) is 0 Å². The van der Waals surface area contributed by atoms with Gasteiger partial charge in [0, 0.05) is 11.0 Å². The van der Waals surface area contributed by atoms with E-state index in [2.05, 4.69) is 40.7 Å². The van der Waals surface area contributed by atoms with E-state index in [1.165, 1.54) is 6.92 Å². The molecular formula is C58H94O24. The van der Waals surface area contributed by atoms with Crippen molar-refractivity contribution in [2.45, 2.75) is 255 Å². The van der Waals surface area contributed by atoms with Gasteiger partial charge in [-0.05, 0) is 105 Å². The second-order valence-corrected chi connectivity index (χ2v) is 27.4. The molecule has 4 saturated carbocycles. The second kappa shape index (κ2) is 23.5. The second-order valence-electron chi connectivity index (χ2n) is 27.4. The fourth-order valence-electron chi connectivity index (χ4n) is 17.0. The largest absolute Gasteiger partial charge is 0.456 e. The van der Waals surface area contributed by atoms with E-state index < -0.39 is 201 Å². The molecule has 0 aromatic carbocycles. The van der Waals surface area contributed by atoms with Crippen molar-refractivity contribution < 1.29 is 119 Å². The van der Waals surface area contributed by atoms with Gasteiger partial charge in [-0.25, -0.2) is 4.79 Å². The lowest BCUT2D eigenvalue weighted by atomic mass is 9.33. The Labute approximate surface area is 478 Å². The van der Waals surface area contributed by atoms with Gasteiger partial charge in [0.1, 0.15) is 97.7 Å². The minimum Gasteiger partial charge on any atom is -0.456 e. The summed E-state index contributed by atoms with van der Waals surface area (Å²) in [4.78, 5) is 13.2. The van der Waals surface area contributed by atoms with E-state index in [0.29, 0.717) is 31.3 Å². The first kappa shape index (κ1) is 64.5. The van der Waals surface area contributed by atoms with E-state index in [1.807, 2.05) is 13.8 Å². The normalized spacial score (nSPS) is 53.0. The maximum Gasteiger partial charge on any atom is 0.333 e. The van der Waals surface area contributed by atoms with Gasteiger partial charge in [0.05, 0.1) is 50.2 Å². The van der Waals surface area contributed by atoms with Crippen LogP contribution in [0.4, 0.5) is 0 Å². The van der Waals surface area contributed by atoms with Gasteiger partial charge in [-0.15, -0.1) is 0 Å². The number of hydrogen-bond acceptors (Lipinski definition) is 24. The van der Waals surface area contributed by atoms with Crippen LogP contribution in [0.3, 0.4) is 0 Å². The summed E-state index contributed by atoms with van der Waals surface area (Å²) in [5.74, 6) is -0.855. The van der Waals surface area contributed by atoms with Crippen molar-refractivity contribution in [1.29, 1.82) is 0 Å². The van der Waals surface area contributed by atoms with E-state index in [4.69, 9.17) is 42.6 Å². The summed E-state index contributed by atoms with van der Waals surface area (Å²) in [5, 5.41) is 156. The zero-order valence-electron chi connectivity index (χ0n) is 48.8. The SMILES string of the molecule is C/C=C(/C)C(=O)O[C@H]1[C@H](O)[C@]2(CO)[C@H](O)C[C@]3(C)C(=CC[C@@H]4[C@@]5(C)CC[C@H](O[C@@H]6OC[C@@H](O[C@@H]7O[C@H](CO)[C@@H](O)[C@H](O)[C@H]7O[C@@H]7O[C@@H](C)[C@H](O)[C@@H](O)[C@H]7O)[C@@H](O)[C@@H]6O[C@@H]6O[C@H](CO)[C@@H](O)[C@H](O)[C@H]6O)C(C)(C)[C@@H]5CC[C@]43C)[C@@H]2CC1(C)C. The van der Waals surface area contributed by atoms with Crippen molar-refractivity contribution in [3.63, 3.8) is 0 Å². The standard InChI is InChI=1S/C58H94O24/c1-11-24(2)48(73)82-47-46(72)58(23-61)27(18-53(47,4)5)26-12-13-32-55(8)16-15-34(54(6,7)31(55)14-17-56(32,9)57(26,10)19-33(58)62)79-51-44(80-50-43(71)40(68)36(64)28(20-59)76-50)38(66)30(22-74-51)78-52-45(41(69)37(65)29(21-60)77-52)81-49-42(70)39(67)35(63)25(3)75-49/h11-12,25,27-47,49-52,59-72H,13-23H2,1-10H3/b24-11-/t25-,27-,28+,29+,30+,31-,32+,33+,34-,35-,36+,37+,38+,39+,40-,41-,42+,43+,44-,45+,46-,47-,49-,50-,51-,52-,55-,56+,57+,58-/m0/s1. The Morgan fingerprint density at radius 2 is 1.24 bits per heavy atom. The highest BCUT2D eigenvalue weighted by Crippen LogP contribution is 2.76. The average Bonchev–Trinajstić information content (AvgIpc) is 0.828. The van der Waals surface area contributed by atoms with Crippen LogP contribution in [0, 0.1) is 50.2 Å². The summed E-state index contributed by atoms with van der Waals surface area (Å²) < 4.78 is 55.1.